The van der Waals surface area contributed by atoms with Crippen molar-refractivity contribution in [2.75, 3.05) is 44.2 Å². The van der Waals surface area contributed by atoms with Crippen LogP contribution in [0.2, 0.25) is 0 Å². The second-order valence-corrected chi connectivity index (χ2v) is 12.2. The first-order chi connectivity index (χ1) is 14.4. The smallest absolute Gasteiger partial charge is 0.252 e. The van der Waals surface area contributed by atoms with E-state index in [1.165, 1.54) is 21.7 Å². The van der Waals surface area contributed by atoms with E-state index in [1.807, 2.05) is 4.90 Å². The lowest BCUT2D eigenvalue weighted by molar-refractivity contribution is -0.137. The molecule has 1 atom stereocenters. The SMILES string of the molecule is O=C([C@@H]1CCCN(S(=O)(=O)c2ccc(Br)s2)C1)N1CCN(c2ccccc2F)CC1. The highest BCUT2D eigenvalue weighted by molar-refractivity contribution is 9.11. The lowest BCUT2D eigenvalue weighted by Gasteiger charge is -2.39. The summed E-state index contributed by atoms with van der Waals surface area (Å²) in [5, 5.41) is 0. The highest BCUT2D eigenvalue weighted by atomic mass is 79.9. The molecule has 1 aromatic heterocycles. The zero-order chi connectivity index (χ0) is 21.3. The highest BCUT2D eigenvalue weighted by Crippen LogP contribution is 2.31. The second-order valence-electron chi connectivity index (χ2n) is 7.52. The first-order valence-electron chi connectivity index (χ1n) is 9.90. The zero-order valence-corrected chi connectivity index (χ0v) is 19.6. The number of carbonyl (C=O) groups excluding carboxylic acids is 1. The summed E-state index contributed by atoms with van der Waals surface area (Å²) in [4.78, 5) is 16.8. The number of amides is 1. The normalized spacial score (nSPS) is 21.1. The molecule has 2 aliphatic rings. The van der Waals surface area contributed by atoms with Crippen LogP contribution in [0.3, 0.4) is 0 Å². The van der Waals surface area contributed by atoms with Crippen molar-refractivity contribution >= 4 is 48.9 Å². The molecule has 0 saturated carbocycles. The van der Waals surface area contributed by atoms with Gasteiger partial charge in [-0.25, -0.2) is 12.8 Å². The van der Waals surface area contributed by atoms with E-state index in [2.05, 4.69) is 15.9 Å². The van der Waals surface area contributed by atoms with Crippen molar-refractivity contribution < 1.29 is 17.6 Å². The van der Waals surface area contributed by atoms with Gasteiger partial charge in [-0.3, -0.25) is 4.79 Å². The van der Waals surface area contributed by atoms with Crippen LogP contribution in [0.5, 0.6) is 0 Å². The minimum atomic E-state index is -3.59. The van der Waals surface area contributed by atoms with E-state index in [9.17, 15) is 17.6 Å². The topological polar surface area (TPSA) is 60.9 Å². The van der Waals surface area contributed by atoms with E-state index >= 15 is 0 Å². The van der Waals surface area contributed by atoms with Crippen molar-refractivity contribution in [2.24, 2.45) is 5.92 Å². The summed E-state index contributed by atoms with van der Waals surface area (Å²) in [6, 6.07) is 9.97. The average molecular weight is 516 g/mol. The molecule has 2 aliphatic heterocycles. The predicted molar refractivity (Wildman–Crippen MR) is 119 cm³/mol. The van der Waals surface area contributed by atoms with Gasteiger partial charge in [0.1, 0.15) is 10.0 Å². The number of anilines is 1. The van der Waals surface area contributed by atoms with Gasteiger partial charge in [-0.15, -0.1) is 11.3 Å². The number of benzene rings is 1. The molecule has 2 aromatic rings. The molecule has 4 rings (SSSR count). The molecule has 6 nitrogen and oxygen atoms in total. The Morgan fingerprint density at radius 3 is 2.47 bits per heavy atom. The van der Waals surface area contributed by atoms with Crippen LogP contribution < -0.4 is 4.90 Å². The van der Waals surface area contributed by atoms with Crippen LogP contribution in [0.1, 0.15) is 12.8 Å². The van der Waals surface area contributed by atoms with Crippen molar-refractivity contribution in [3.63, 3.8) is 0 Å². The Kier molecular flexibility index (Phi) is 6.47. The second kappa shape index (κ2) is 8.94. The number of para-hydroxylation sites is 1. The molecule has 30 heavy (non-hydrogen) atoms. The average Bonchev–Trinajstić information content (AvgIpc) is 3.21. The molecular weight excluding hydrogens is 493 g/mol. The Balaban J connectivity index is 1.39. The molecule has 0 spiro atoms. The first-order valence-corrected chi connectivity index (χ1v) is 12.9. The molecular formula is C20H23BrFN3O3S2. The molecule has 10 heteroatoms. The van der Waals surface area contributed by atoms with Gasteiger partial charge >= 0.3 is 0 Å². The maximum absolute atomic E-state index is 14.0. The van der Waals surface area contributed by atoms with Crippen molar-refractivity contribution in [3.8, 4) is 0 Å². The molecule has 1 amide bonds. The van der Waals surface area contributed by atoms with Gasteiger partial charge in [-0.2, -0.15) is 4.31 Å². The number of halogens is 2. The third kappa shape index (κ3) is 4.42. The Labute approximate surface area is 188 Å². The number of sulfonamides is 1. The fourth-order valence-electron chi connectivity index (χ4n) is 4.06. The van der Waals surface area contributed by atoms with E-state index in [-0.39, 0.29) is 24.2 Å². The van der Waals surface area contributed by atoms with Gasteiger partial charge < -0.3 is 9.80 Å². The van der Waals surface area contributed by atoms with Gasteiger partial charge in [-0.1, -0.05) is 12.1 Å². The van der Waals surface area contributed by atoms with Crippen LogP contribution in [-0.4, -0.2) is 62.8 Å². The molecule has 1 aromatic carbocycles. The van der Waals surface area contributed by atoms with E-state index in [0.717, 1.165) is 3.79 Å². The molecule has 0 unspecified atom stereocenters. The molecule has 0 bridgehead atoms. The Morgan fingerprint density at radius 1 is 1.07 bits per heavy atom. The Morgan fingerprint density at radius 2 is 1.80 bits per heavy atom. The quantitative estimate of drug-likeness (QED) is 0.625. The maximum atomic E-state index is 14.0. The molecule has 2 saturated heterocycles. The number of hydrogen-bond donors (Lipinski definition) is 0. The van der Waals surface area contributed by atoms with Crippen molar-refractivity contribution in [2.45, 2.75) is 17.1 Å². The van der Waals surface area contributed by atoms with Crippen LogP contribution in [0.15, 0.2) is 44.4 Å². The van der Waals surface area contributed by atoms with E-state index in [4.69, 9.17) is 0 Å². The lowest BCUT2D eigenvalue weighted by Crippen LogP contribution is -2.53. The summed E-state index contributed by atoms with van der Waals surface area (Å²) in [7, 11) is -3.59. The number of piperidine rings is 1. The number of carbonyl (C=O) groups is 1. The first kappa shape index (κ1) is 21.7. The molecule has 0 radical (unpaired) electrons. The summed E-state index contributed by atoms with van der Waals surface area (Å²) in [5.74, 6) is -0.599. The predicted octanol–water partition coefficient (Wildman–Crippen LogP) is 3.40. The maximum Gasteiger partial charge on any atom is 0.252 e. The van der Waals surface area contributed by atoms with E-state index in [0.29, 0.717) is 55.5 Å². The third-order valence-electron chi connectivity index (χ3n) is 5.66. The number of hydrogen-bond acceptors (Lipinski definition) is 5. The van der Waals surface area contributed by atoms with Crippen LogP contribution in [0.25, 0.3) is 0 Å². The number of rotatable bonds is 4. The standard InChI is InChI=1S/C20H23BrFN3O3S2/c21-18-7-8-19(29-18)30(27,28)25-9-3-4-15(14-25)20(26)24-12-10-23(11-13-24)17-6-2-1-5-16(17)22/h1-2,5-8,15H,3-4,9-14H2/t15-/m1/s1. The van der Waals surface area contributed by atoms with Crippen molar-refractivity contribution in [1.82, 2.24) is 9.21 Å². The van der Waals surface area contributed by atoms with Crippen LogP contribution >= 0.6 is 27.3 Å². The van der Waals surface area contributed by atoms with E-state index < -0.39 is 10.0 Å². The fraction of sp³-hybridized carbons (Fsp3) is 0.450. The van der Waals surface area contributed by atoms with Gasteiger partial charge in [0.15, 0.2) is 0 Å². The summed E-state index contributed by atoms with van der Waals surface area (Å²) < 4.78 is 42.4. The summed E-state index contributed by atoms with van der Waals surface area (Å²) >= 11 is 4.49. The number of nitrogens with zero attached hydrogens (tertiary/aromatic N) is 3. The third-order valence-corrected chi connectivity index (χ3v) is 9.62. The molecule has 2 fully saturated rings. The largest absolute Gasteiger partial charge is 0.366 e. The molecule has 162 valence electrons. The van der Waals surface area contributed by atoms with E-state index in [1.54, 1.807) is 35.2 Å². The van der Waals surface area contributed by atoms with Gasteiger partial charge in [0.25, 0.3) is 10.0 Å². The number of piperazine rings is 1. The summed E-state index contributed by atoms with van der Waals surface area (Å²) in [6.45, 7) is 2.78. The van der Waals surface area contributed by atoms with Crippen molar-refractivity contribution in [1.29, 1.82) is 0 Å². The minimum Gasteiger partial charge on any atom is -0.366 e. The molecule has 0 N–H and O–H groups in total. The number of thiophene rings is 1. The lowest BCUT2D eigenvalue weighted by atomic mass is 9.97. The fourth-order valence-corrected chi connectivity index (χ4v) is 7.75. The monoisotopic (exact) mass is 515 g/mol. The van der Waals surface area contributed by atoms with Crippen LogP contribution in [0.4, 0.5) is 10.1 Å². The summed E-state index contributed by atoms with van der Waals surface area (Å²) in [6.07, 6.45) is 1.35. The summed E-state index contributed by atoms with van der Waals surface area (Å²) in [5.41, 5.74) is 0.557. The van der Waals surface area contributed by atoms with Gasteiger partial charge in [0.05, 0.1) is 15.4 Å². The zero-order valence-electron chi connectivity index (χ0n) is 16.3. The van der Waals surface area contributed by atoms with Gasteiger partial charge in [0, 0.05) is 39.3 Å². The van der Waals surface area contributed by atoms with Crippen LogP contribution in [-0.2, 0) is 14.8 Å². The Hall–Kier alpha value is -1.49. The van der Waals surface area contributed by atoms with Gasteiger partial charge in [0.2, 0.25) is 5.91 Å². The minimum absolute atomic E-state index is 0.00422. The van der Waals surface area contributed by atoms with Crippen molar-refractivity contribution in [3.05, 3.63) is 46.0 Å². The van der Waals surface area contributed by atoms with Gasteiger partial charge in [-0.05, 0) is 53.0 Å². The molecule has 3 heterocycles. The highest BCUT2D eigenvalue weighted by Gasteiger charge is 2.36. The molecule has 0 aliphatic carbocycles. The Bertz CT molecular complexity index is 1020. The van der Waals surface area contributed by atoms with Crippen LogP contribution in [0, 0.1) is 11.7 Å².